The molecule has 0 amide bonds. The van der Waals surface area contributed by atoms with Crippen LogP contribution in [0.25, 0.3) is 0 Å². The largest absolute Gasteiger partial charge is 0.228 e. The van der Waals surface area contributed by atoms with Crippen LogP contribution in [-0.2, 0) is 10.0 Å². The minimum absolute atomic E-state index is 0. The third kappa shape index (κ3) is 3.53. The second-order valence-electron chi connectivity index (χ2n) is 2.66. The molecule has 2 N–H and O–H groups in total. The van der Waals surface area contributed by atoms with Gasteiger partial charge in [-0.15, -0.1) is 0 Å². The van der Waals surface area contributed by atoms with Crippen molar-refractivity contribution < 1.29 is 8.42 Å². The molecule has 0 spiro atoms. The fourth-order valence-electron chi connectivity index (χ4n) is 0. The Morgan fingerprint density at radius 2 is 1.33 bits per heavy atom. The molecule has 0 atom stereocenters. The quantitative estimate of drug-likeness (QED) is 0.446. The zero-order chi connectivity index (χ0) is 7.00. The van der Waals surface area contributed by atoms with Crippen molar-refractivity contribution in [2.24, 2.45) is 5.14 Å². The summed E-state index contributed by atoms with van der Waals surface area (Å²) in [5.74, 6) is 0. The van der Waals surface area contributed by atoms with E-state index in [0.29, 0.717) is 0 Å². The van der Waals surface area contributed by atoms with E-state index in [1.165, 1.54) is 0 Å². The number of rotatable bonds is 0. The zero-order valence-electron chi connectivity index (χ0n) is 5.30. The average Bonchev–Trinajstić information content (AvgIpc) is 1.25. The maximum atomic E-state index is 10.4. The summed E-state index contributed by atoms with van der Waals surface area (Å²) in [6, 6.07) is 0. The van der Waals surface area contributed by atoms with Gasteiger partial charge in [0.15, 0.2) is 0 Å². The molecule has 0 aliphatic rings. The van der Waals surface area contributed by atoms with Gasteiger partial charge < -0.3 is 0 Å². The van der Waals surface area contributed by atoms with Gasteiger partial charge in [0.1, 0.15) is 0 Å². The van der Waals surface area contributed by atoms with Crippen LogP contribution in [0.5, 0.6) is 0 Å². The summed E-state index contributed by atoms with van der Waals surface area (Å²) < 4.78 is 20.0. The summed E-state index contributed by atoms with van der Waals surface area (Å²) in [5, 5.41) is 4.78. The van der Waals surface area contributed by atoms with Crippen molar-refractivity contribution in [3.8, 4) is 0 Å². The monoisotopic (exact) mass is 151 g/mol. The van der Waals surface area contributed by atoms with Crippen molar-refractivity contribution >= 4 is 18.4 Å². The van der Waals surface area contributed by atoms with Gasteiger partial charge in [-0.25, -0.2) is 13.6 Å². The van der Waals surface area contributed by atoms with Crippen LogP contribution in [0.1, 0.15) is 20.8 Å². The predicted molar refractivity (Wildman–Crippen MR) is 42.8 cm³/mol. The molecule has 56 valence electrons. The minimum atomic E-state index is -3.34. The molecule has 0 aliphatic heterocycles. The Bertz CT molecular complexity index is 167. The van der Waals surface area contributed by atoms with E-state index in [4.69, 9.17) is 5.14 Å². The molecule has 3 nitrogen and oxygen atoms in total. The number of hydrogen-bond donors (Lipinski definition) is 1. The molecule has 0 rings (SSSR count). The highest BCUT2D eigenvalue weighted by molar-refractivity contribution is 7.90. The first-order chi connectivity index (χ1) is 3.25. The topological polar surface area (TPSA) is 60.2 Å². The summed E-state index contributed by atoms with van der Waals surface area (Å²) in [4.78, 5) is 0. The van der Waals surface area contributed by atoms with E-state index in [-0.39, 0.29) is 8.41 Å². The van der Waals surface area contributed by atoms with Gasteiger partial charge in [0.05, 0.1) is 13.2 Å². The molecule has 0 saturated heterocycles. The third-order valence-electron chi connectivity index (χ3n) is 0.854. The van der Waals surface area contributed by atoms with Crippen LogP contribution in [-0.4, -0.2) is 21.6 Å². The number of sulfonamides is 1. The molecule has 0 aliphatic carbocycles. The van der Waals surface area contributed by atoms with Crippen LogP contribution in [0.15, 0.2) is 0 Å². The highest BCUT2D eigenvalue weighted by atomic mass is 32.2. The smallest absolute Gasteiger partial charge is 0.214 e. The minimum Gasteiger partial charge on any atom is -0.228 e. The third-order valence-corrected chi connectivity index (χ3v) is 2.56. The molecule has 0 aromatic carbocycles. The van der Waals surface area contributed by atoms with Crippen molar-refractivity contribution in [1.29, 1.82) is 0 Å². The lowest BCUT2D eigenvalue weighted by Gasteiger charge is -2.13. The molecule has 0 aromatic heterocycles. The lowest BCUT2D eigenvalue weighted by molar-refractivity contribution is 0.562. The fourth-order valence-corrected chi connectivity index (χ4v) is 0. The van der Waals surface area contributed by atoms with Gasteiger partial charge in [-0.1, -0.05) is 0 Å². The van der Waals surface area contributed by atoms with Crippen LogP contribution < -0.4 is 5.14 Å². The van der Waals surface area contributed by atoms with Crippen molar-refractivity contribution in [3.63, 3.8) is 0 Å². The first kappa shape index (κ1) is 11.7. The molecular formula is C4H14BNO2S. The van der Waals surface area contributed by atoms with Crippen molar-refractivity contribution in [2.75, 3.05) is 0 Å². The maximum absolute atomic E-state index is 10.4. The molecule has 9 heavy (non-hydrogen) atoms. The Hall–Kier alpha value is -0.0251. The molecule has 0 heterocycles. The van der Waals surface area contributed by atoms with E-state index in [2.05, 4.69) is 0 Å². The lowest BCUT2D eigenvalue weighted by atomic mass is 10.3. The van der Waals surface area contributed by atoms with E-state index >= 15 is 0 Å². The van der Waals surface area contributed by atoms with Gasteiger partial charge >= 0.3 is 0 Å². The van der Waals surface area contributed by atoms with Gasteiger partial charge in [0, 0.05) is 0 Å². The predicted octanol–water partition coefficient (Wildman–Crippen LogP) is -1.11. The Balaban J connectivity index is 0. The number of nitrogens with two attached hydrogens (primary N) is 1. The van der Waals surface area contributed by atoms with E-state index in [1.807, 2.05) is 0 Å². The lowest BCUT2D eigenvalue weighted by Crippen LogP contribution is -2.34. The second-order valence-corrected chi connectivity index (χ2v) is 4.97. The molecule has 0 unspecified atom stereocenters. The molecule has 5 heteroatoms. The van der Waals surface area contributed by atoms with E-state index in [0.717, 1.165) is 0 Å². The van der Waals surface area contributed by atoms with Crippen molar-refractivity contribution in [1.82, 2.24) is 0 Å². The normalized spacial score (nSPS) is 12.4. The van der Waals surface area contributed by atoms with Crippen LogP contribution in [0.3, 0.4) is 0 Å². The summed E-state index contributed by atoms with van der Waals surface area (Å²) in [7, 11) is -3.34. The van der Waals surface area contributed by atoms with E-state index < -0.39 is 14.8 Å². The molecule has 0 bridgehead atoms. The highest BCUT2D eigenvalue weighted by Crippen LogP contribution is 2.09. The zero-order valence-corrected chi connectivity index (χ0v) is 6.12. The van der Waals surface area contributed by atoms with Crippen LogP contribution in [0, 0.1) is 0 Å². The van der Waals surface area contributed by atoms with Gasteiger partial charge in [0.25, 0.3) is 0 Å². The van der Waals surface area contributed by atoms with Gasteiger partial charge in [-0.05, 0) is 20.8 Å². The highest BCUT2D eigenvalue weighted by Gasteiger charge is 2.23. The van der Waals surface area contributed by atoms with Crippen LogP contribution in [0.2, 0.25) is 0 Å². The number of hydrogen-bond acceptors (Lipinski definition) is 2. The standard InChI is InChI=1S/C4H11NO2S.BH3/c1-4(2,3)8(5,6)7;/h1-3H3,(H2,5,6,7);1H3. The summed E-state index contributed by atoms with van der Waals surface area (Å²) >= 11 is 0. The molecule has 0 saturated carbocycles. The van der Waals surface area contributed by atoms with Crippen LogP contribution in [0.4, 0.5) is 0 Å². The SMILES string of the molecule is B.CC(C)(C)S(N)(=O)=O. The van der Waals surface area contributed by atoms with Gasteiger partial charge in [-0.3, -0.25) is 0 Å². The first-order valence-corrected chi connectivity index (χ1v) is 3.82. The van der Waals surface area contributed by atoms with E-state index in [9.17, 15) is 8.42 Å². The molecule has 0 fully saturated rings. The fraction of sp³-hybridized carbons (Fsp3) is 1.00. The molecular weight excluding hydrogens is 137 g/mol. The molecule has 0 aromatic rings. The Kier molecular flexibility index (Phi) is 3.53. The Morgan fingerprint density at radius 1 is 1.22 bits per heavy atom. The van der Waals surface area contributed by atoms with Crippen molar-refractivity contribution in [3.05, 3.63) is 0 Å². The summed E-state index contributed by atoms with van der Waals surface area (Å²) in [6.45, 7) is 4.67. The number of primary sulfonamides is 1. The van der Waals surface area contributed by atoms with Crippen molar-refractivity contribution in [2.45, 2.75) is 25.5 Å². The molecule has 0 radical (unpaired) electrons. The van der Waals surface area contributed by atoms with Gasteiger partial charge in [-0.2, -0.15) is 0 Å². The maximum Gasteiger partial charge on any atom is 0.214 e. The average molecular weight is 151 g/mol. The van der Waals surface area contributed by atoms with Gasteiger partial charge in [0.2, 0.25) is 10.0 Å². The summed E-state index contributed by atoms with van der Waals surface area (Å²) in [5.41, 5.74) is 0. The summed E-state index contributed by atoms with van der Waals surface area (Å²) in [6.07, 6.45) is 0. The van der Waals surface area contributed by atoms with Crippen LogP contribution >= 0.6 is 0 Å². The first-order valence-electron chi connectivity index (χ1n) is 2.27. The Labute approximate surface area is 58.3 Å². The van der Waals surface area contributed by atoms with E-state index in [1.54, 1.807) is 20.8 Å². The second kappa shape index (κ2) is 2.71. The Morgan fingerprint density at radius 3 is 1.33 bits per heavy atom.